The first-order valence-corrected chi connectivity index (χ1v) is 8.52. The van der Waals surface area contributed by atoms with Crippen molar-refractivity contribution in [2.75, 3.05) is 20.8 Å². The van der Waals surface area contributed by atoms with Gasteiger partial charge in [0.15, 0.2) is 17.8 Å². The molecule has 2 rings (SSSR count). The molecule has 2 unspecified atom stereocenters. The molecule has 0 aromatic heterocycles. The fourth-order valence-electron chi connectivity index (χ4n) is 2.55. The summed E-state index contributed by atoms with van der Waals surface area (Å²) in [5.74, 6) is 0.613. The second-order valence-electron chi connectivity index (χ2n) is 5.91. The summed E-state index contributed by atoms with van der Waals surface area (Å²) in [5, 5.41) is 23.0. The third-order valence-electron chi connectivity index (χ3n) is 4.07. The van der Waals surface area contributed by atoms with E-state index in [1.165, 1.54) is 26.4 Å². The molecule has 150 valence electrons. The second-order valence-corrected chi connectivity index (χ2v) is 5.91. The summed E-state index contributed by atoms with van der Waals surface area (Å²) in [6, 6.07) is 11.9. The molecule has 8 nitrogen and oxygen atoms in total. The molecule has 28 heavy (non-hydrogen) atoms. The molecule has 0 fully saturated rings. The van der Waals surface area contributed by atoms with E-state index in [-0.39, 0.29) is 24.3 Å². The van der Waals surface area contributed by atoms with E-state index in [9.17, 15) is 19.8 Å². The summed E-state index contributed by atoms with van der Waals surface area (Å²) in [6.45, 7) is -0.197. The number of alkyl carbamates (subject to hydrolysis) is 1. The van der Waals surface area contributed by atoms with Crippen molar-refractivity contribution < 1.29 is 34.0 Å². The molecule has 1 amide bonds. The predicted octanol–water partition coefficient (Wildman–Crippen LogP) is 1.84. The second kappa shape index (κ2) is 10.3. The Kier molecular flexibility index (Phi) is 7.79. The largest absolute Gasteiger partial charge is 0.493 e. The number of benzene rings is 2. The number of hydrogen-bond acceptors (Lipinski definition) is 7. The standard InChI is InChI=1S/C20H23NO7/c1-26-17-8-14(11-22)15(9-18(17)27-2)19(24)16(23)10-21-20(25)28-12-13-6-4-3-5-7-13/h3-9,11,16,19,23-24H,10,12H2,1-2H3,(H,21,25). The van der Waals surface area contributed by atoms with E-state index >= 15 is 0 Å². The minimum Gasteiger partial charge on any atom is -0.493 e. The summed E-state index contributed by atoms with van der Waals surface area (Å²) >= 11 is 0. The first-order chi connectivity index (χ1) is 13.5. The molecule has 2 aromatic rings. The monoisotopic (exact) mass is 389 g/mol. The molecule has 3 N–H and O–H groups in total. The number of aliphatic hydroxyl groups is 2. The third kappa shape index (κ3) is 5.45. The highest BCUT2D eigenvalue weighted by atomic mass is 16.5. The van der Waals surface area contributed by atoms with Crippen LogP contribution in [0.4, 0.5) is 4.79 Å². The topological polar surface area (TPSA) is 114 Å². The van der Waals surface area contributed by atoms with Crippen LogP contribution in [0.3, 0.4) is 0 Å². The Hall–Kier alpha value is -3.10. The van der Waals surface area contributed by atoms with Crippen LogP contribution in [0.1, 0.15) is 27.6 Å². The highest BCUT2D eigenvalue weighted by Crippen LogP contribution is 2.33. The molecule has 8 heteroatoms. The predicted molar refractivity (Wildman–Crippen MR) is 101 cm³/mol. The SMILES string of the molecule is COc1cc(C=O)c(C(O)C(O)CNC(=O)OCc2ccccc2)cc1OC. The van der Waals surface area contributed by atoms with E-state index in [0.29, 0.717) is 17.8 Å². The van der Waals surface area contributed by atoms with Gasteiger partial charge in [0.25, 0.3) is 0 Å². The van der Waals surface area contributed by atoms with Crippen LogP contribution in [0.25, 0.3) is 0 Å². The molecule has 2 atom stereocenters. The van der Waals surface area contributed by atoms with Crippen LogP contribution >= 0.6 is 0 Å². The Bertz CT molecular complexity index is 795. The van der Waals surface area contributed by atoms with Crippen LogP contribution in [-0.4, -0.2) is 49.5 Å². The van der Waals surface area contributed by atoms with Crippen molar-refractivity contribution in [1.29, 1.82) is 0 Å². The van der Waals surface area contributed by atoms with Gasteiger partial charge >= 0.3 is 6.09 Å². The molecule has 0 saturated heterocycles. The number of aliphatic hydroxyl groups excluding tert-OH is 2. The summed E-state index contributed by atoms with van der Waals surface area (Å²) in [5.41, 5.74) is 1.11. The maximum Gasteiger partial charge on any atom is 0.407 e. The van der Waals surface area contributed by atoms with E-state index in [0.717, 1.165) is 5.56 Å². The Labute approximate surface area is 162 Å². The van der Waals surface area contributed by atoms with E-state index < -0.39 is 18.3 Å². The van der Waals surface area contributed by atoms with Gasteiger partial charge in [-0.2, -0.15) is 0 Å². The smallest absolute Gasteiger partial charge is 0.407 e. The summed E-state index contributed by atoms with van der Waals surface area (Å²) in [6.07, 6.45) is -3.01. The molecule has 0 aliphatic rings. The average molecular weight is 389 g/mol. The lowest BCUT2D eigenvalue weighted by molar-refractivity contribution is 0.0179. The molecule has 0 heterocycles. The zero-order valence-electron chi connectivity index (χ0n) is 15.6. The minimum atomic E-state index is -1.44. The quantitative estimate of drug-likeness (QED) is 0.561. The van der Waals surface area contributed by atoms with Gasteiger partial charge in [0.05, 0.1) is 14.2 Å². The van der Waals surface area contributed by atoms with Gasteiger partial charge in [0, 0.05) is 12.1 Å². The first kappa shape index (κ1) is 21.2. The maximum atomic E-state index is 11.8. The van der Waals surface area contributed by atoms with E-state index in [1.807, 2.05) is 30.3 Å². The molecular formula is C20H23NO7. The average Bonchev–Trinajstić information content (AvgIpc) is 2.75. The summed E-state index contributed by atoms with van der Waals surface area (Å²) in [4.78, 5) is 23.1. The van der Waals surface area contributed by atoms with Gasteiger partial charge in [-0.1, -0.05) is 30.3 Å². The van der Waals surface area contributed by atoms with Crippen molar-refractivity contribution >= 4 is 12.4 Å². The van der Waals surface area contributed by atoms with Crippen LogP contribution in [0.15, 0.2) is 42.5 Å². The number of ether oxygens (including phenoxy) is 3. The molecule has 0 aliphatic heterocycles. The van der Waals surface area contributed by atoms with Crippen molar-refractivity contribution in [1.82, 2.24) is 5.32 Å². The minimum absolute atomic E-state index is 0.0797. The van der Waals surface area contributed by atoms with Crippen molar-refractivity contribution in [3.05, 3.63) is 59.2 Å². The Morgan fingerprint density at radius 1 is 1.11 bits per heavy atom. The van der Waals surface area contributed by atoms with Crippen molar-refractivity contribution in [3.8, 4) is 11.5 Å². The third-order valence-corrected chi connectivity index (χ3v) is 4.07. The molecular weight excluding hydrogens is 366 g/mol. The lowest BCUT2D eigenvalue weighted by atomic mass is 9.98. The molecule has 0 aliphatic carbocycles. The van der Waals surface area contributed by atoms with E-state index in [1.54, 1.807) is 0 Å². The van der Waals surface area contributed by atoms with Crippen LogP contribution in [0.5, 0.6) is 11.5 Å². The molecule has 0 radical (unpaired) electrons. The number of amides is 1. The van der Waals surface area contributed by atoms with Crippen LogP contribution in [-0.2, 0) is 11.3 Å². The fourth-order valence-corrected chi connectivity index (χ4v) is 2.55. The van der Waals surface area contributed by atoms with Gasteiger partial charge in [0.2, 0.25) is 0 Å². The van der Waals surface area contributed by atoms with Gasteiger partial charge in [0.1, 0.15) is 18.8 Å². The Morgan fingerprint density at radius 2 is 1.75 bits per heavy atom. The van der Waals surface area contributed by atoms with Crippen LogP contribution < -0.4 is 14.8 Å². The van der Waals surface area contributed by atoms with Crippen molar-refractivity contribution in [2.24, 2.45) is 0 Å². The number of methoxy groups -OCH3 is 2. The molecule has 0 bridgehead atoms. The highest BCUT2D eigenvalue weighted by molar-refractivity contribution is 5.79. The van der Waals surface area contributed by atoms with Gasteiger partial charge in [-0.3, -0.25) is 4.79 Å². The van der Waals surface area contributed by atoms with E-state index in [2.05, 4.69) is 5.32 Å². The van der Waals surface area contributed by atoms with Gasteiger partial charge in [-0.05, 0) is 23.3 Å². The Balaban J connectivity index is 1.97. The van der Waals surface area contributed by atoms with Gasteiger partial charge in [-0.25, -0.2) is 4.79 Å². The zero-order valence-corrected chi connectivity index (χ0v) is 15.6. The zero-order chi connectivity index (χ0) is 20.5. The highest BCUT2D eigenvalue weighted by Gasteiger charge is 2.24. The normalized spacial score (nSPS) is 12.6. The Morgan fingerprint density at radius 3 is 2.36 bits per heavy atom. The van der Waals surface area contributed by atoms with Crippen molar-refractivity contribution in [2.45, 2.75) is 18.8 Å². The molecule has 2 aromatic carbocycles. The van der Waals surface area contributed by atoms with E-state index in [4.69, 9.17) is 14.2 Å². The number of carbonyl (C=O) groups excluding carboxylic acids is 2. The summed E-state index contributed by atoms with van der Waals surface area (Å²) < 4.78 is 15.3. The molecule has 0 saturated carbocycles. The number of rotatable bonds is 9. The first-order valence-electron chi connectivity index (χ1n) is 8.52. The number of carbonyl (C=O) groups is 2. The van der Waals surface area contributed by atoms with Crippen molar-refractivity contribution in [3.63, 3.8) is 0 Å². The number of nitrogens with one attached hydrogen (secondary N) is 1. The summed E-state index contributed by atoms with van der Waals surface area (Å²) in [7, 11) is 2.83. The number of aldehydes is 1. The lowest BCUT2D eigenvalue weighted by Gasteiger charge is -2.21. The fraction of sp³-hybridized carbons (Fsp3) is 0.300. The number of hydrogen-bond donors (Lipinski definition) is 3. The van der Waals surface area contributed by atoms with Crippen LogP contribution in [0, 0.1) is 0 Å². The van der Waals surface area contributed by atoms with Gasteiger partial charge in [-0.15, -0.1) is 0 Å². The lowest BCUT2D eigenvalue weighted by Crippen LogP contribution is -2.36. The maximum absolute atomic E-state index is 11.8. The van der Waals surface area contributed by atoms with Gasteiger partial charge < -0.3 is 29.7 Å². The van der Waals surface area contributed by atoms with Crippen LogP contribution in [0.2, 0.25) is 0 Å². The molecule has 0 spiro atoms.